The Morgan fingerprint density at radius 1 is 0.596 bits per heavy atom. The third-order valence-electron chi connectivity index (χ3n) is 7.95. The molecule has 0 atom stereocenters. The Morgan fingerprint density at radius 2 is 1.04 bits per heavy atom. The highest BCUT2D eigenvalue weighted by atomic mass is 128. The summed E-state index contributed by atoms with van der Waals surface area (Å²) in [7, 11) is 0. The zero-order valence-corrected chi connectivity index (χ0v) is 35.5. The molecule has 4 heterocycles. The summed E-state index contributed by atoms with van der Waals surface area (Å²) >= 11 is 4.24. The van der Waals surface area contributed by atoms with Crippen molar-refractivity contribution in [3.8, 4) is 40.0 Å². The molecule has 0 unspecified atom stereocenters. The second-order valence-corrected chi connectivity index (χ2v) is 12.6. The van der Waals surface area contributed by atoms with Crippen LogP contribution in [-0.2, 0) is 25.2 Å². The van der Waals surface area contributed by atoms with Crippen LogP contribution in [-0.4, -0.2) is 48.9 Å². The summed E-state index contributed by atoms with van der Waals surface area (Å²) in [5, 5.41) is 24.8. The van der Waals surface area contributed by atoms with Gasteiger partial charge in [-0.3, -0.25) is 0 Å². The van der Waals surface area contributed by atoms with Crippen molar-refractivity contribution in [3.63, 3.8) is 0 Å². The van der Waals surface area contributed by atoms with Crippen LogP contribution >= 0.6 is 37.2 Å². The van der Waals surface area contributed by atoms with Gasteiger partial charge in [0.05, 0.1) is 30.2 Å². The van der Waals surface area contributed by atoms with Gasteiger partial charge in [0.15, 0.2) is 0 Å². The van der Waals surface area contributed by atoms with Crippen LogP contribution in [0.4, 0.5) is 26.3 Å². The van der Waals surface area contributed by atoms with Crippen molar-refractivity contribution in [2.75, 3.05) is 13.2 Å². The van der Waals surface area contributed by atoms with Gasteiger partial charge < -0.3 is 32.7 Å². The van der Waals surface area contributed by atoms with Crippen molar-refractivity contribution in [1.82, 2.24) is 30.6 Å². The molecule has 0 amide bonds. The molecule has 0 saturated heterocycles. The topological polar surface area (TPSA) is 169 Å². The molecule has 57 heavy (non-hydrogen) atoms. The van der Waals surface area contributed by atoms with Crippen molar-refractivity contribution in [3.05, 3.63) is 87.3 Å². The summed E-state index contributed by atoms with van der Waals surface area (Å²) < 4.78 is 106. The lowest BCUT2D eigenvalue weighted by molar-refractivity contribution is -0.160. The van der Waals surface area contributed by atoms with Gasteiger partial charge in [0, 0.05) is 73.3 Å². The number of aromatic hydroxyl groups is 1. The van der Waals surface area contributed by atoms with Crippen molar-refractivity contribution < 1.29 is 59.0 Å². The fraction of sp³-hybridized carbons (Fsp3) is 0.389. The largest absolute Gasteiger partial charge is 0.507 e. The van der Waals surface area contributed by atoms with E-state index in [0.717, 1.165) is 40.5 Å². The minimum atomic E-state index is -4.75. The van der Waals surface area contributed by atoms with E-state index in [1.165, 1.54) is 6.07 Å². The van der Waals surface area contributed by atoms with Gasteiger partial charge in [0.1, 0.15) is 28.8 Å². The number of aromatic nitrogens is 6. The molecule has 0 radical (unpaired) electrons. The van der Waals surface area contributed by atoms with Crippen LogP contribution in [0.1, 0.15) is 69.8 Å². The predicted molar refractivity (Wildman–Crippen MR) is 208 cm³/mol. The molecular weight excluding hydrogens is 996 g/mol. The number of benzene rings is 2. The summed E-state index contributed by atoms with van der Waals surface area (Å²) in [6, 6.07) is 8.53. The molecule has 1 N–H and O–H groups in total. The van der Waals surface area contributed by atoms with Crippen LogP contribution in [0, 0.1) is 41.5 Å². The second kappa shape index (κ2) is 19.8. The number of nitrogens with zero attached hydrogens (tertiary/aromatic N) is 6. The second-order valence-electron chi connectivity index (χ2n) is 12.6. The van der Waals surface area contributed by atoms with E-state index in [1.807, 2.05) is 39.8 Å². The highest BCUT2D eigenvalue weighted by Crippen LogP contribution is 2.40. The lowest BCUT2D eigenvalue weighted by Gasteiger charge is -2.15. The van der Waals surface area contributed by atoms with Gasteiger partial charge in [-0.2, -0.15) is 36.3 Å². The zero-order chi connectivity index (χ0) is 42.1. The minimum absolute atomic E-state index is 0.0405. The monoisotopic (exact) mass is 1030 g/mol. The van der Waals surface area contributed by atoms with Gasteiger partial charge in [0.2, 0.25) is 11.6 Å². The molecule has 4 aromatic heterocycles. The van der Waals surface area contributed by atoms with E-state index in [-0.39, 0.29) is 23.0 Å². The van der Waals surface area contributed by atoms with Crippen LogP contribution in [0.2, 0.25) is 0 Å². The molecule has 6 rings (SSSR count). The Kier molecular flexibility index (Phi) is 15.8. The third kappa shape index (κ3) is 12.3. The number of phenols is 1. The molecule has 0 bridgehead atoms. The van der Waals surface area contributed by atoms with Crippen molar-refractivity contribution in [2.24, 2.45) is 0 Å². The average molecular weight is 1030 g/mol. The standard InChI is InChI=1S/C18H18F3N3O4.C18H18F3N3O3.I2/c1-9-7-13(16-22-17(28-24-16)18(19,20)21)14(25)11(3)15(9)26-6-4-5-12-8-10(2)23-27-12;1-10-7-13(16-22-17(27-24-16)18(19,20)21)8-11(2)15(10)25-6-4-5-14-9-12(3)23-26-14;1-2/h7-8,25H,4-6H2,1-3H3;7-9H,4-6H2,1-3H3;. The number of aryl methyl sites for hydroxylation is 7. The van der Waals surface area contributed by atoms with E-state index in [2.05, 4.69) is 76.9 Å². The maximum Gasteiger partial charge on any atom is 0.471 e. The maximum atomic E-state index is 12.6. The summed E-state index contributed by atoms with van der Waals surface area (Å²) in [5.74, 6) is -0.856. The van der Waals surface area contributed by atoms with E-state index >= 15 is 0 Å². The Morgan fingerprint density at radius 3 is 1.47 bits per heavy atom. The molecule has 21 heteroatoms. The van der Waals surface area contributed by atoms with E-state index in [1.54, 1.807) is 26.0 Å². The predicted octanol–water partition coefficient (Wildman–Crippen LogP) is 10.8. The van der Waals surface area contributed by atoms with Gasteiger partial charge in [0.25, 0.3) is 0 Å². The lowest BCUT2D eigenvalue weighted by atomic mass is 10.0. The van der Waals surface area contributed by atoms with Crippen LogP contribution in [0.3, 0.4) is 0 Å². The van der Waals surface area contributed by atoms with E-state index in [0.29, 0.717) is 60.7 Å². The van der Waals surface area contributed by atoms with Crippen molar-refractivity contribution in [2.45, 2.75) is 79.6 Å². The molecule has 13 nitrogen and oxygen atoms in total. The maximum absolute atomic E-state index is 12.6. The Labute approximate surface area is 345 Å². The smallest absolute Gasteiger partial charge is 0.471 e. The van der Waals surface area contributed by atoms with Crippen molar-refractivity contribution >= 4 is 37.2 Å². The Hall–Kier alpha value is -4.42. The number of halogens is 8. The molecule has 0 aliphatic carbocycles. The van der Waals surface area contributed by atoms with Gasteiger partial charge in [-0.1, -0.05) is 20.6 Å². The first-order chi connectivity index (χ1) is 26.9. The number of ether oxygens (including phenoxy) is 2. The molecule has 2 aromatic carbocycles. The Bertz CT molecular complexity index is 2210. The number of alkyl halides is 6. The van der Waals surface area contributed by atoms with E-state index in [9.17, 15) is 31.4 Å². The summed E-state index contributed by atoms with van der Waals surface area (Å²) in [5.41, 5.74) is 4.68. The first-order valence-electron chi connectivity index (χ1n) is 16.9. The van der Waals surface area contributed by atoms with Gasteiger partial charge in [-0.15, -0.1) is 0 Å². The fourth-order valence-corrected chi connectivity index (χ4v) is 5.47. The number of hydrogen-bond acceptors (Lipinski definition) is 13. The summed E-state index contributed by atoms with van der Waals surface area (Å²) in [6.45, 7) is 11.5. The highest BCUT2D eigenvalue weighted by Gasteiger charge is 2.39. The first-order valence-corrected chi connectivity index (χ1v) is 23.2. The molecule has 0 aliphatic heterocycles. The molecule has 0 aliphatic rings. The number of rotatable bonds is 12. The Balaban J connectivity index is 0.000000242. The quantitative estimate of drug-likeness (QED) is 0.0699. The van der Waals surface area contributed by atoms with E-state index < -0.39 is 24.1 Å². The van der Waals surface area contributed by atoms with Gasteiger partial charge >= 0.3 is 24.1 Å². The van der Waals surface area contributed by atoms with E-state index in [4.69, 9.17) is 18.5 Å². The summed E-state index contributed by atoms with van der Waals surface area (Å²) in [6.07, 6.45) is -6.66. The molecule has 6 aromatic rings. The van der Waals surface area contributed by atoms with Crippen molar-refractivity contribution in [1.29, 1.82) is 0 Å². The zero-order valence-electron chi connectivity index (χ0n) is 31.2. The summed E-state index contributed by atoms with van der Waals surface area (Å²) in [4.78, 5) is 6.73. The van der Waals surface area contributed by atoms with Crippen LogP contribution in [0.25, 0.3) is 22.8 Å². The molecule has 0 saturated carbocycles. The average Bonchev–Trinajstić information content (AvgIpc) is 3.98. The molecule has 0 spiro atoms. The number of hydrogen-bond donors (Lipinski definition) is 1. The SMILES string of the molecule is Cc1cc(CCCOc2c(C)cc(-c3noc(C(F)(F)F)n3)c(O)c2C)on1.Cc1cc(CCCOc2c(C)cc(-c3noc(C(F)(F)F)n3)cc2C)on1.II. The molecule has 0 fully saturated rings. The molecular formula is C36H36F6I2N6O7. The van der Waals surface area contributed by atoms with Gasteiger partial charge in [-0.05, 0) is 89.3 Å². The lowest BCUT2D eigenvalue weighted by Crippen LogP contribution is -2.05. The third-order valence-corrected chi connectivity index (χ3v) is 7.95. The first kappa shape index (κ1) is 45.3. The van der Waals surface area contributed by atoms with Crippen LogP contribution in [0.15, 0.2) is 48.4 Å². The van der Waals surface area contributed by atoms with Gasteiger partial charge in [-0.25, -0.2) is 0 Å². The normalized spacial score (nSPS) is 11.5. The molecule has 308 valence electrons. The minimum Gasteiger partial charge on any atom is -0.507 e. The number of phenolic OH excluding ortho intramolecular Hbond substituents is 1. The van der Waals surface area contributed by atoms with Crippen LogP contribution < -0.4 is 9.47 Å². The highest BCUT2D eigenvalue weighted by molar-refractivity contribution is 15.0. The van der Waals surface area contributed by atoms with Crippen LogP contribution in [0.5, 0.6) is 17.2 Å². The fourth-order valence-electron chi connectivity index (χ4n) is 5.47.